The van der Waals surface area contributed by atoms with E-state index in [0.717, 1.165) is 43.6 Å². The molecule has 6 heteroatoms. The van der Waals surface area contributed by atoms with E-state index in [4.69, 9.17) is 0 Å². The zero-order valence-corrected chi connectivity index (χ0v) is 17.5. The first-order chi connectivity index (χ1) is 14.3. The van der Waals surface area contributed by atoms with Crippen LogP contribution < -0.4 is 10.6 Å². The van der Waals surface area contributed by atoms with Crippen LogP contribution in [0.2, 0.25) is 0 Å². The average molecular weight is 418 g/mol. The van der Waals surface area contributed by atoms with Gasteiger partial charge in [-0.1, -0.05) is 30.3 Å². The minimum absolute atomic E-state index is 0.0770. The number of fused-ring (bicyclic) bond motifs is 3. The third kappa shape index (κ3) is 4.35. The summed E-state index contributed by atoms with van der Waals surface area (Å²) in [5.74, 6) is 0.350. The summed E-state index contributed by atoms with van der Waals surface area (Å²) in [6.45, 7) is 1.88. The van der Waals surface area contributed by atoms with Gasteiger partial charge in [-0.2, -0.15) is 13.2 Å². The van der Waals surface area contributed by atoms with Gasteiger partial charge >= 0.3 is 6.18 Å². The predicted molar refractivity (Wildman–Crippen MR) is 115 cm³/mol. The maximum atomic E-state index is 13.4. The normalized spacial score (nSPS) is 25.7. The third-order valence-electron chi connectivity index (χ3n) is 6.53. The Morgan fingerprint density at radius 3 is 2.53 bits per heavy atom. The number of nitrogens with one attached hydrogen (secondary N) is 2. The molecule has 162 valence electrons. The highest BCUT2D eigenvalue weighted by Gasteiger charge is 2.46. The second-order valence-corrected chi connectivity index (χ2v) is 8.82. The summed E-state index contributed by atoms with van der Waals surface area (Å²) in [6.07, 6.45) is -1.32. The summed E-state index contributed by atoms with van der Waals surface area (Å²) in [6, 6.07) is 14.8. The van der Waals surface area contributed by atoms with E-state index in [9.17, 15) is 13.2 Å². The van der Waals surface area contributed by atoms with Crippen molar-refractivity contribution in [3.8, 4) is 0 Å². The highest BCUT2D eigenvalue weighted by Crippen LogP contribution is 2.53. The summed E-state index contributed by atoms with van der Waals surface area (Å²) in [7, 11) is 4.11. The summed E-state index contributed by atoms with van der Waals surface area (Å²) in [4.78, 5) is 2.15. The van der Waals surface area contributed by atoms with Gasteiger partial charge in [0.1, 0.15) is 0 Å². The van der Waals surface area contributed by atoms with E-state index in [2.05, 4.69) is 41.8 Å². The fourth-order valence-electron chi connectivity index (χ4n) is 5.17. The van der Waals surface area contributed by atoms with Crippen molar-refractivity contribution >= 4 is 5.69 Å². The summed E-state index contributed by atoms with van der Waals surface area (Å²) in [5.41, 5.74) is 2.29. The van der Waals surface area contributed by atoms with Gasteiger partial charge in [-0.25, -0.2) is 0 Å². The van der Waals surface area contributed by atoms with Crippen LogP contribution >= 0.6 is 0 Å². The van der Waals surface area contributed by atoms with Gasteiger partial charge in [-0.05, 0) is 81.7 Å². The van der Waals surface area contributed by atoms with E-state index in [0.29, 0.717) is 0 Å². The van der Waals surface area contributed by atoms with Crippen LogP contribution in [0.15, 0.2) is 48.5 Å². The predicted octanol–water partition coefficient (Wildman–Crippen LogP) is 5.28. The Hall–Kier alpha value is -2.05. The van der Waals surface area contributed by atoms with Gasteiger partial charge in [0.05, 0.1) is 11.6 Å². The van der Waals surface area contributed by atoms with Crippen molar-refractivity contribution in [2.45, 2.75) is 43.4 Å². The molecule has 2 unspecified atom stereocenters. The molecule has 4 atom stereocenters. The van der Waals surface area contributed by atoms with Gasteiger partial charge in [0.2, 0.25) is 0 Å². The molecule has 1 aliphatic heterocycles. The maximum absolute atomic E-state index is 13.4. The van der Waals surface area contributed by atoms with Crippen LogP contribution in [0.25, 0.3) is 0 Å². The maximum Gasteiger partial charge on any atom is 0.416 e. The van der Waals surface area contributed by atoms with E-state index >= 15 is 0 Å². The third-order valence-corrected chi connectivity index (χ3v) is 6.53. The zero-order chi connectivity index (χ0) is 21.3. The molecule has 30 heavy (non-hydrogen) atoms. The van der Waals surface area contributed by atoms with Crippen LogP contribution in [0.1, 0.15) is 47.9 Å². The summed E-state index contributed by atoms with van der Waals surface area (Å²) < 4.78 is 40.3. The molecule has 4 rings (SSSR count). The van der Waals surface area contributed by atoms with Crippen LogP contribution in [-0.4, -0.2) is 38.1 Å². The minimum atomic E-state index is -4.33. The molecule has 1 aliphatic carbocycles. The van der Waals surface area contributed by atoms with Crippen molar-refractivity contribution < 1.29 is 13.2 Å². The molecule has 2 aromatic rings. The van der Waals surface area contributed by atoms with E-state index in [-0.39, 0.29) is 23.9 Å². The SMILES string of the molecule is CN(C)CCCNC1CC[C@@H]2C1c1cc(C(F)(F)F)ccc1N[C@@H]2c1ccccc1. The molecule has 2 N–H and O–H groups in total. The number of hydrogen-bond acceptors (Lipinski definition) is 3. The van der Waals surface area contributed by atoms with Crippen molar-refractivity contribution in [3.05, 3.63) is 65.2 Å². The quantitative estimate of drug-likeness (QED) is 0.627. The largest absolute Gasteiger partial charge is 0.416 e. The lowest BCUT2D eigenvalue weighted by Crippen LogP contribution is -2.39. The molecular weight excluding hydrogens is 387 g/mol. The van der Waals surface area contributed by atoms with Crippen LogP contribution in [-0.2, 0) is 6.18 Å². The van der Waals surface area contributed by atoms with E-state index in [1.807, 2.05) is 18.2 Å². The van der Waals surface area contributed by atoms with Crippen molar-refractivity contribution in [1.82, 2.24) is 10.2 Å². The van der Waals surface area contributed by atoms with E-state index in [1.165, 1.54) is 17.7 Å². The standard InChI is InChI=1S/C24H30F3N3/c1-30(2)14-6-13-28-21-12-10-18-22(21)19-15-17(24(25,26)27)9-11-20(19)29-23(18)16-7-4-3-5-8-16/h3-5,7-9,11,15,18,21-23,28-29H,6,10,12-14H2,1-2H3/t18-,21?,22?,23-/m1/s1. The van der Waals surface area contributed by atoms with Gasteiger partial charge in [0, 0.05) is 17.6 Å². The van der Waals surface area contributed by atoms with Crippen molar-refractivity contribution in [2.75, 3.05) is 32.5 Å². The Bertz CT molecular complexity index is 851. The van der Waals surface area contributed by atoms with Gasteiger partial charge < -0.3 is 15.5 Å². The average Bonchev–Trinajstić information content (AvgIpc) is 3.14. The molecule has 2 aromatic carbocycles. The van der Waals surface area contributed by atoms with E-state index < -0.39 is 11.7 Å². The Kier molecular flexibility index (Phi) is 6.07. The van der Waals surface area contributed by atoms with Gasteiger partial charge in [-0.3, -0.25) is 0 Å². The molecule has 2 aliphatic rings. The molecule has 0 amide bonds. The number of nitrogens with zero attached hydrogens (tertiary/aromatic N) is 1. The number of benzene rings is 2. The number of halogens is 3. The number of rotatable bonds is 6. The number of alkyl halides is 3. The molecule has 3 nitrogen and oxygen atoms in total. The summed E-state index contributed by atoms with van der Waals surface area (Å²) >= 11 is 0. The summed E-state index contributed by atoms with van der Waals surface area (Å²) in [5, 5.41) is 7.24. The first-order valence-corrected chi connectivity index (χ1v) is 10.8. The van der Waals surface area contributed by atoms with Crippen molar-refractivity contribution in [3.63, 3.8) is 0 Å². The zero-order valence-electron chi connectivity index (χ0n) is 17.5. The smallest absolute Gasteiger partial charge is 0.378 e. The lowest BCUT2D eigenvalue weighted by Gasteiger charge is -2.40. The monoisotopic (exact) mass is 417 g/mol. The highest BCUT2D eigenvalue weighted by atomic mass is 19.4. The Morgan fingerprint density at radius 1 is 1.07 bits per heavy atom. The second kappa shape index (κ2) is 8.60. The van der Waals surface area contributed by atoms with Crippen LogP contribution in [0.3, 0.4) is 0 Å². The number of anilines is 1. The Labute approximate surface area is 176 Å². The topological polar surface area (TPSA) is 27.3 Å². The van der Waals surface area contributed by atoms with Crippen molar-refractivity contribution in [2.24, 2.45) is 5.92 Å². The minimum Gasteiger partial charge on any atom is -0.378 e. The Balaban J connectivity index is 1.65. The molecule has 0 spiro atoms. The molecule has 1 heterocycles. The van der Waals surface area contributed by atoms with E-state index in [1.54, 1.807) is 6.07 Å². The molecule has 1 saturated carbocycles. The second-order valence-electron chi connectivity index (χ2n) is 8.82. The fourth-order valence-corrected chi connectivity index (χ4v) is 5.17. The molecule has 0 aromatic heterocycles. The molecular formula is C24H30F3N3. The first-order valence-electron chi connectivity index (χ1n) is 10.8. The van der Waals surface area contributed by atoms with Gasteiger partial charge in [0.25, 0.3) is 0 Å². The van der Waals surface area contributed by atoms with Crippen LogP contribution in [0.4, 0.5) is 18.9 Å². The lowest BCUT2D eigenvalue weighted by molar-refractivity contribution is -0.137. The van der Waals surface area contributed by atoms with Crippen LogP contribution in [0, 0.1) is 5.92 Å². The Morgan fingerprint density at radius 2 is 1.83 bits per heavy atom. The van der Waals surface area contributed by atoms with Gasteiger partial charge in [-0.15, -0.1) is 0 Å². The first kappa shape index (κ1) is 21.2. The van der Waals surface area contributed by atoms with Crippen LogP contribution in [0.5, 0.6) is 0 Å². The molecule has 0 radical (unpaired) electrons. The van der Waals surface area contributed by atoms with Gasteiger partial charge in [0.15, 0.2) is 0 Å². The lowest BCUT2D eigenvalue weighted by atomic mass is 9.75. The molecule has 0 saturated heterocycles. The molecule has 1 fully saturated rings. The highest BCUT2D eigenvalue weighted by molar-refractivity contribution is 5.60. The number of hydrogen-bond donors (Lipinski definition) is 2. The fraction of sp³-hybridized carbons (Fsp3) is 0.500. The molecule has 0 bridgehead atoms. The van der Waals surface area contributed by atoms with Crippen molar-refractivity contribution in [1.29, 1.82) is 0 Å².